The molecule has 19 heavy (non-hydrogen) atoms. The first-order valence-corrected chi connectivity index (χ1v) is 6.67. The molecule has 5 heteroatoms. The van der Waals surface area contributed by atoms with Crippen molar-refractivity contribution in [1.82, 2.24) is 4.57 Å². The Morgan fingerprint density at radius 2 is 2.11 bits per heavy atom. The Balaban J connectivity index is 2.22. The first-order chi connectivity index (χ1) is 9.10. The van der Waals surface area contributed by atoms with Crippen molar-refractivity contribution in [3.63, 3.8) is 0 Å². The van der Waals surface area contributed by atoms with E-state index >= 15 is 0 Å². The van der Waals surface area contributed by atoms with Crippen molar-refractivity contribution in [2.45, 2.75) is 13.5 Å². The normalized spacial score (nSPS) is 10.2. The summed E-state index contributed by atoms with van der Waals surface area (Å²) in [4.78, 5) is 23.5. The topological polar surface area (TPSA) is 51.1 Å². The van der Waals surface area contributed by atoms with Crippen LogP contribution in [0.4, 0.5) is 5.69 Å². The largest absolute Gasteiger partial charge is 0.321 e. The van der Waals surface area contributed by atoms with E-state index in [0.29, 0.717) is 17.8 Å². The Morgan fingerprint density at radius 3 is 2.79 bits per heavy atom. The molecule has 0 bridgehead atoms. The van der Waals surface area contributed by atoms with Crippen molar-refractivity contribution in [3.05, 3.63) is 63.0 Å². The summed E-state index contributed by atoms with van der Waals surface area (Å²) in [6.45, 7) is 2.45. The van der Waals surface area contributed by atoms with Crippen LogP contribution in [0.5, 0.6) is 0 Å². The van der Waals surface area contributed by atoms with Gasteiger partial charge in [0.1, 0.15) is 0 Å². The molecule has 98 valence electrons. The maximum atomic E-state index is 12.0. The minimum atomic E-state index is -0.206. The number of pyridine rings is 1. The summed E-state index contributed by atoms with van der Waals surface area (Å²) in [6, 6.07) is 10.2. The molecule has 1 N–H and O–H groups in total. The first-order valence-electron chi connectivity index (χ1n) is 5.87. The zero-order chi connectivity index (χ0) is 13.8. The molecular weight excluding hydrogens is 308 g/mol. The van der Waals surface area contributed by atoms with E-state index in [1.807, 2.05) is 13.0 Å². The molecular formula is C14H13BrN2O2. The van der Waals surface area contributed by atoms with Crippen LogP contribution in [0.15, 0.2) is 51.9 Å². The lowest BCUT2D eigenvalue weighted by molar-refractivity contribution is 0.102. The summed E-state index contributed by atoms with van der Waals surface area (Å²) >= 11 is 3.32. The van der Waals surface area contributed by atoms with Crippen molar-refractivity contribution in [2.24, 2.45) is 0 Å². The van der Waals surface area contributed by atoms with Crippen molar-refractivity contribution in [1.29, 1.82) is 0 Å². The van der Waals surface area contributed by atoms with Crippen LogP contribution in [-0.4, -0.2) is 10.5 Å². The highest BCUT2D eigenvalue weighted by Crippen LogP contribution is 2.13. The first kappa shape index (κ1) is 13.5. The smallest absolute Gasteiger partial charge is 0.255 e. The minimum absolute atomic E-state index is 0.0806. The van der Waals surface area contributed by atoms with Crippen LogP contribution < -0.4 is 10.9 Å². The van der Waals surface area contributed by atoms with Crippen molar-refractivity contribution in [2.75, 3.05) is 5.32 Å². The van der Waals surface area contributed by atoms with Crippen molar-refractivity contribution in [3.8, 4) is 0 Å². The van der Waals surface area contributed by atoms with Crippen LogP contribution in [0.3, 0.4) is 0 Å². The number of aryl methyl sites for hydroxylation is 1. The second-order valence-corrected chi connectivity index (χ2v) is 4.92. The third-order valence-electron chi connectivity index (χ3n) is 2.67. The quantitative estimate of drug-likeness (QED) is 0.945. The van der Waals surface area contributed by atoms with Gasteiger partial charge in [0.05, 0.1) is 5.69 Å². The summed E-state index contributed by atoms with van der Waals surface area (Å²) < 4.78 is 2.38. The fraction of sp³-hybridized carbons (Fsp3) is 0.143. The number of rotatable bonds is 3. The monoisotopic (exact) mass is 320 g/mol. The van der Waals surface area contributed by atoms with Gasteiger partial charge in [0.2, 0.25) is 0 Å². The van der Waals surface area contributed by atoms with E-state index in [0.717, 1.165) is 4.47 Å². The van der Waals surface area contributed by atoms with Gasteiger partial charge in [0.15, 0.2) is 0 Å². The number of anilines is 1. The van der Waals surface area contributed by atoms with Gasteiger partial charge in [0.25, 0.3) is 11.5 Å². The van der Waals surface area contributed by atoms with E-state index in [4.69, 9.17) is 0 Å². The molecule has 1 aromatic heterocycles. The summed E-state index contributed by atoms with van der Waals surface area (Å²) in [6.07, 6.45) is 1.64. The van der Waals surface area contributed by atoms with Crippen molar-refractivity contribution < 1.29 is 4.79 Å². The summed E-state index contributed by atoms with van der Waals surface area (Å²) in [7, 11) is 0. The number of nitrogens with one attached hydrogen (secondary N) is 1. The van der Waals surface area contributed by atoms with E-state index in [9.17, 15) is 9.59 Å². The highest BCUT2D eigenvalue weighted by Gasteiger charge is 2.07. The Bertz CT molecular complexity index is 664. The predicted octanol–water partition coefficient (Wildman–Crippen LogP) is 2.88. The van der Waals surface area contributed by atoms with Crippen molar-refractivity contribution >= 4 is 27.5 Å². The number of benzene rings is 1. The molecule has 2 rings (SSSR count). The van der Waals surface area contributed by atoms with Gasteiger partial charge in [-0.05, 0) is 31.2 Å². The molecule has 0 saturated carbocycles. The molecule has 0 aliphatic rings. The molecule has 0 spiro atoms. The molecule has 0 saturated heterocycles. The van der Waals surface area contributed by atoms with Crippen LogP contribution in [0, 0.1) is 0 Å². The summed E-state index contributed by atoms with van der Waals surface area (Å²) in [5, 5.41) is 2.77. The van der Waals surface area contributed by atoms with Gasteiger partial charge in [-0.15, -0.1) is 0 Å². The van der Waals surface area contributed by atoms with Crippen LogP contribution in [0.25, 0.3) is 0 Å². The number of nitrogens with zero attached hydrogens (tertiary/aromatic N) is 1. The predicted molar refractivity (Wildman–Crippen MR) is 78.5 cm³/mol. The molecule has 0 unspecified atom stereocenters. The third kappa shape index (κ3) is 3.32. The van der Waals surface area contributed by atoms with E-state index in [-0.39, 0.29) is 11.5 Å². The Hall–Kier alpha value is -1.88. The van der Waals surface area contributed by atoms with Gasteiger partial charge in [0, 0.05) is 28.8 Å². The van der Waals surface area contributed by atoms with E-state index in [1.54, 1.807) is 30.5 Å². The highest BCUT2D eigenvalue weighted by atomic mass is 79.9. The molecule has 0 fully saturated rings. The number of aromatic nitrogens is 1. The number of hydrogen-bond acceptors (Lipinski definition) is 2. The van der Waals surface area contributed by atoms with Crippen LogP contribution >= 0.6 is 15.9 Å². The van der Waals surface area contributed by atoms with Gasteiger partial charge in [-0.2, -0.15) is 0 Å². The van der Waals surface area contributed by atoms with Gasteiger partial charge >= 0.3 is 0 Å². The number of halogens is 1. The molecule has 0 atom stereocenters. The highest BCUT2D eigenvalue weighted by molar-refractivity contribution is 9.10. The number of carbonyl (C=O) groups is 1. The second-order valence-electron chi connectivity index (χ2n) is 4.01. The van der Waals surface area contributed by atoms with Gasteiger partial charge in [-0.1, -0.05) is 22.0 Å². The summed E-state index contributed by atoms with van der Waals surface area (Å²) in [5.74, 6) is -0.206. The third-order valence-corrected chi connectivity index (χ3v) is 3.16. The Kier molecular flexibility index (Phi) is 4.16. The van der Waals surface area contributed by atoms with E-state index < -0.39 is 0 Å². The van der Waals surface area contributed by atoms with Crippen LogP contribution in [0.2, 0.25) is 0 Å². The second kappa shape index (κ2) is 5.84. The molecule has 4 nitrogen and oxygen atoms in total. The molecule has 1 amide bonds. The average molecular weight is 321 g/mol. The van der Waals surface area contributed by atoms with E-state index in [2.05, 4.69) is 21.2 Å². The average Bonchev–Trinajstić information content (AvgIpc) is 2.41. The number of hydrogen-bond donors (Lipinski definition) is 1. The van der Waals surface area contributed by atoms with E-state index in [1.165, 1.54) is 10.6 Å². The van der Waals surface area contributed by atoms with Gasteiger partial charge < -0.3 is 9.88 Å². The molecule has 0 radical (unpaired) electrons. The molecule has 0 aliphatic carbocycles. The lowest BCUT2D eigenvalue weighted by Crippen LogP contribution is -2.19. The van der Waals surface area contributed by atoms with Gasteiger partial charge in [-0.3, -0.25) is 9.59 Å². The zero-order valence-corrected chi connectivity index (χ0v) is 12.0. The zero-order valence-electron chi connectivity index (χ0n) is 10.4. The van der Waals surface area contributed by atoms with Crippen LogP contribution in [-0.2, 0) is 6.54 Å². The number of amides is 1. The fourth-order valence-electron chi connectivity index (χ4n) is 1.69. The molecule has 1 aromatic carbocycles. The maximum absolute atomic E-state index is 12.0. The summed E-state index contributed by atoms with van der Waals surface area (Å²) in [5.41, 5.74) is 1.08. The minimum Gasteiger partial charge on any atom is -0.321 e. The fourth-order valence-corrected chi connectivity index (χ4v) is 2.08. The Morgan fingerprint density at radius 1 is 1.32 bits per heavy atom. The van der Waals surface area contributed by atoms with Gasteiger partial charge in [-0.25, -0.2) is 0 Å². The maximum Gasteiger partial charge on any atom is 0.255 e. The molecule has 2 aromatic rings. The lowest BCUT2D eigenvalue weighted by Gasteiger charge is -2.08. The van der Waals surface area contributed by atoms with Crippen LogP contribution in [0.1, 0.15) is 17.3 Å². The SMILES string of the molecule is CCn1cc(NC(=O)c2cccc(Br)c2)ccc1=O. The standard InChI is InChI=1S/C14H13BrN2O2/c1-2-17-9-12(6-7-13(17)18)16-14(19)10-4-3-5-11(15)8-10/h3-9H,2H2,1H3,(H,16,19). The number of carbonyl (C=O) groups excluding carboxylic acids is 1. The lowest BCUT2D eigenvalue weighted by atomic mass is 10.2. The Labute approximate surface area is 119 Å². The molecule has 1 heterocycles. The molecule has 0 aliphatic heterocycles.